The first-order valence-corrected chi connectivity index (χ1v) is 7.41. The number of hydrogen-bond donors (Lipinski definition) is 1. The van der Waals surface area contributed by atoms with E-state index in [2.05, 4.69) is 10.3 Å². The molecule has 0 saturated carbocycles. The van der Waals surface area contributed by atoms with Crippen molar-refractivity contribution < 1.29 is 9.18 Å². The van der Waals surface area contributed by atoms with Crippen LogP contribution in [0.3, 0.4) is 0 Å². The second kappa shape index (κ2) is 7.73. The van der Waals surface area contributed by atoms with Gasteiger partial charge in [-0.3, -0.25) is 9.78 Å². The van der Waals surface area contributed by atoms with Crippen LogP contribution in [0.1, 0.15) is 22.0 Å². The largest absolute Gasteiger partial charge is 0.329 e. The zero-order valence-corrected chi connectivity index (χ0v) is 13.8. The minimum absolute atomic E-state index is 0. The summed E-state index contributed by atoms with van der Waals surface area (Å²) in [5, 5.41) is 3.41. The number of rotatable bonds is 2. The second-order valence-corrected chi connectivity index (χ2v) is 5.54. The molecule has 1 amide bonds. The Bertz CT molecular complexity index is 684. The Morgan fingerprint density at radius 2 is 2.22 bits per heavy atom. The lowest BCUT2D eigenvalue weighted by Gasteiger charge is -2.36. The average molecular weight is 356 g/mol. The molecular formula is C16H16Cl2FN3O. The Morgan fingerprint density at radius 3 is 2.91 bits per heavy atom. The summed E-state index contributed by atoms with van der Waals surface area (Å²) in [6.45, 7) is 1.92. The van der Waals surface area contributed by atoms with Crippen LogP contribution in [0.2, 0.25) is 5.02 Å². The lowest BCUT2D eigenvalue weighted by atomic mass is 10.0. The molecule has 23 heavy (non-hydrogen) atoms. The first-order chi connectivity index (χ1) is 10.7. The number of carbonyl (C=O) groups excluding carboxylic acids is 1. The molecule has 122 valence electrons. The molecule has 1 aromatic carbocycles. The number of piperazine rings is 1. The Labute approximate surface area is 145 Å². The number of nitrogens with one attached hydrogen (secondary N) is 1. The van der Waals surface area contributed by atoms with E-state index in [1.54, 1.807) is 17.3 Å². The molecule has 1 saturated heterocycles. The van der Waals surface area contributed by atoms with Crippen molar-refractivity contribution in [2.75, 3.05) is 19.6 Å². The fraction of sp³-hybridized carbons (Fsp3) is 0.250. The van der Waals surface area contributed by atoms with Gasteiger partial charge in [-0.15, -0.1) is 12.4 Å². The Balaban J connectivity index is 0.00000192. The van der Waals surface area contributed by atoms with Gasteiger partial charge in [0.1, 0.15) is 5.82 Å². The smallest absolute Gasteiger partial charge is 0.255 e. The summed E-state index contributed by atoms with van der Waals surface area (Å²) in [6, 6.07) is 7.52. The van der Waals surface area contributed by atoms with Crippen molar-refractivity contribution in [2.24, 2.45) is 0 Å². The summed E-state index contributed by atoms with van der Waals surface area (Å²) in [5.41, 5.74) is 1.28. The van der Waals surface area contributed by atoms with Crippen LogP contribution >= 0.6 is 24.0 Å². The van der Waals surface area contributed by atoms with Gasteiger partial charge in [-0.25, -0.2) is 4.39 Å². The Morgan fingerprint density at radius 1 is 1.39 bits per heavy atom. The number of pyridine rings is 1. The minimum Gasteiger partial charge on any atom is -0.329 e. The van der Waals surface area contributed by atoms with Crippen LogP contribution in [0, 0.1) is 5.82 Å². The van der Waals surface area contributed by atoms with E-state index < -0.39 is 5.82 Å². The fourth-order valence-corrected chi connectivity index (χ4v) is 2.88. The molecule has 2 heterocycles. The van der Waals surface area contributed by atoms with Gasteiger partial charge >= 0.3 is 0 Å². The van der Waals surface area contributed by atoms with E-state index >= 15 is 0 Å². The highest BCUT2D eigenvalue weighted by atomic mass is 35.5. The van der Waals surface area contributed by atoms with Gasteiger partial charge in [0.2, 0.25) is 0 Å². The van der Waals surface area contributed by atoms with Gasteiger partial charge < -0.3 is 10.2 Å². The van der Waals surface area contributed by atoms with Crippen LogP contribution in [-0.2, 0) is 0 Å². The van der Waals surface area contributed by atoms with Crippen LogP contribution in [0.15, 0.2) is 42.7 Å². The number of aromatic nitrogens is 1. The summed E-state index contributed by atoms with van der Waals surface area (Å²) >= 11 is 6.02. The van der Waals surface area contributed by atoms with E-state index in [1.165, 1.54) is 12.1 Å². The predicted octanol–water partition coefficient (Wildman–Crippen LogP) is 3.08. The third-order valence-electron chi connectivity index (χ3n) is 3.73. The van der Waals surface area contributed by atoms with Gasteiger partial charge in [0.05, 0.1) is 16.6 Å². The van der Waals surface area contributed by atoms with Crippen molar-refractivity contribution in [3.8, 4) is 0 Å². The van der Waals surface area contributed by atoms with E-state index in [9.17, 15) is 9.18 Å². The van der Waals surface area contributed by atoms with E-state index in [0.29, 0.717) is 25.2 Å². The van der Waals surface area contributed by atoms with Crippen LogP contribution in [0.25, 0.3) is 0 Å². The maximum Gasteiger partial charge on any atom is 0.255 e. The molecule has 0 bridgehead atoms. The fourth-order valence-electron chi connectivity index (χ4n) is 2.64. The molecule has 1 aromatic heterocycles. The Kier molecular flexibility index (Phi) is 5.93. The van der Waals surface area contributed by atoms with Crippen molar-refractivity contribution in [3.05, 3.63) is 64.7 Å². The lowest BCUT2D eigenvalue weighted by Crippen LogP contribution is -2.48. The molecule has 0 aliphatic carbocycles. The molecule has 0 radical (unpaired) electrons. The maximum atomic E-state index is 13.2. The monoisotopic (exact) mass is 355 g/mol. The first kappa shape index (κ1) is 17.7. The molecule has 1 unspecified atom stereocenters. The van der Waals surface area contributed by atoms with Crippen LogP contribution in [-0.4, -0.2) is 35.4 Å². The molecule has 1 fully saturated rings. The van der Waals surface area contributed by atoms with Crippen LogP contribution in [0.4, 0.5) is 4.39 Å². The van der Waals surface area contributed by atoms with E-state index in [-0.39, 0.29) is 29.4 Å². The molecule has 1 N–H and O–H groups in total. The summed E-state index contributed by atoms with van der Waals surface area (Å²) in [6.07, 6.45) is 3.45. The predicted molar refractivity (Wildman–Crippen MR) is 89.5 cm³/mol. The summed E-state index contributed by atoms with van der Waals surface area (Å²) < 4.78 is 13.2. The summed E-state index contributed by atoms with van der Waals surface area (Å²) in [7, 11) is 0. The minimum atomic E-state index is -0.453. The van der Waals surface area contributed by atoms with E-state index in [1.807, 2.05) is 12.1 Å². The number of carbonyl (C=O) groups is 1. The average Bonchev–Trinajstić information content (AvgIpc) is 2.55. The SMILES string of the molecule is Cl.O=C(c1ccc(F)cc1Cl)N1CCNCC1c1cccnc1. The number of benzene rings is 1. The first-order valence-electron chi connectivity index (χ1n) is 7.03. The van der Waals surface area contributed by atoms with Crippen LogP contribution in [0.5, 0.6) is 0 Å². The topological polar surface area (TPSA) is 45.2 Å². The van der Waals surface area contributed by atoms with E-state index in [0.717, 1.165) is 11.6 Å². The zero-order chi connectivity index (χ0) is 15.5. The standard InChI is InChI=1S/C16H15ClFN3O.ClH/c17-14-8-12(18)3-4-13(14)16(22)21-7-6-20-10-15(21)11-2-1-5-19-9-11;/h1-5,8-9,15,20H,6-7,10H2;1H. The number of hydrogen-bond acceptors (Lipinski definition) is 3. The van der Waals surface area contributed by atoms with Gasteiger partial charge in [-0.1, -0.05) is 17.7 Å². The molecule has 2 aromatic rings. The number of halogens is 3. The van der Waals surface area contributed by atoms with Gasteiger partial charge in [0.25, 0.3) is 5.91 Å². The lowest BCUT2D eigenvalue weighted by molar-refractivity contribution is 0.0634. The third-order valence-corrected chi connectivity index (χ3v) is 4.05. The number of nitrogens with zero attached hydrogens (tertiary/aromatic N) is 2. The molecule has 1 atom stereocenters. The molecular weight excluding hydrogens is 340 g/mol. The van der Waals surface area contributed by atoms with E-state index in [4.69, 9.17) is 11.6 Å². The quantitative estimate of drug-likeness (QED) is 0.900. The highest BCUT2D eigenvalue weighted by Gasteiger charge is 2.29. The maximum absolute atomic E-state index is 13.2. The molecule has 0 spiro atoms. The van der Waals surface area contributed by atoms with Crippen LogP contribution < -0.4 is 5.32 Å². The van der Waals surface area contributed by atoms with Gasteiger partial charge in [-0.2, -0.15) is 0 Å². The van der Waals surface area contributed by atoms with Crippen molar-refractivity contribution >= 4 is 29.9 Å². The van der Waals surface area contributed by atoms with Crippen molar-refractivity contribution in [3.63, 3.8) is 0 Å². The molecule has 3 rings (SSSR count). The molecule has 7 heteroatoms. The van der Waals surface area contributed by atoms with Crippen molar-refractivity contribution in [1.82, 2.24) is 15.2 Å². The molecule has 1 aliphatic rings. The highest BCUT2D eigenvalue weighted by Crippen LogP contribution is 2.26. The number of amides is 1. The van der Waals surface area contributed by atoms with Gasteiger partial charge in [-0.05, 0) is 29.8 Å². The van der Waals surface area contributed by atoms with Gasteiger partial charge in [0, 0.05) is 32.0 Å². The van der Waals surface area contributed by atoms with Crippen molar-refractivity contribution in [1.29, 1.82) is 0 Å². The third kappa shape index (κ3) is 3.80. The normalized spacial score (nSPS) is 17.5. The second-order valence-electron chi connectivity index (χ2n) is 5.13. The zero-order valence-electron chi connectivity index (χ0n) is 12.2. The van der Waals surface area contributed by atoms with Gasteiger partial charge in [0.15, 0.2) is 0 Å². The molecule has 1 aliphatic heterocycles. The Hall–Kier alpha value is -1.69. The summed E-state index contributed by atoms with van der Waals surface area (Å²) in [5.74, 6) is -0.647. The van der Waals surface area contributed by atoms with Crippen molar-refractivity contribution in [2.45, 2.75) is 6.04 Å². The molecule has 4 nitrogen and oxygen atoms in total. The highest BCUT2D eigenvalue weighted by molar-refractivity contribution is 6.33. The summed E-state index contributed by atoms with van der Waals surface area (Å²) in [4.78, 5) is 18.7.